The van der Waals surface area contributed by atoms with Gasteiger partial charge in [-0.3, -0.25) is 19.3 Å². The Morgan fingerprint density at radius 1 is 1.09 bits per heavy atom. The lowest BCUT2D eigenvalue weighted by molar-refractivity contribution is -0.139. The molecule has 8 nitrogen and oxygen atoms in total. The predicted molar refractivity (Wildman–Crippen MR) is 133 cm³/mol. The van der Waals surface area contributed by atoms with Gasteiger partial charge in [-0.2, -0.15) is 0 Å². The van der Waals surface area contributed by atoms with E-state index in [2.05, 4.69) is 0 Å². The SMILES string of the molecule is CCOc1cc(/C=C2\SC(=O)N(CC(=O)N3CCOCC3)C2=O)ccc1OCc1ccc(Cl)cc1. The van der Waals surface area contributed by atoms with Crippen LogP contribution in [0.4, 0.5) is 4.79 Å². The van der Waals surface area contributed by atoms with Crippen LogP contribution in [0.25, 0.3) is 6.08 Å². The molecule has 0 N–H and O–H groups in total. The van der Waals surface area contributed by atoms with Crippen molar-refractivity contribution >= 4 is 46.5 Å². The van der Waals surface area contributed by atoms with Gasteiger partial charge >= 0.3 is 0 Å². The summed E-state index contributed by atoms with van der Waals surface area (Å²) in [6.07, 6.45) is 1.62. The first-order chi connectivity index (χ1) is 16.9. The fourth-order valence-corrected chi connectivity index (χ4v) is 4.54. The molecular weight excluding hydrogens is 492 g/mol. The van der Waals surface area contributed by atoms with Gasteiger partial charge in [0.05, 0.1) is 24.7 Å². The van der Waals surface area contributed by atoms with Gasteiger partial charge in [0.15, 0.2) is 11.5 Å². The summed E-state index contributed by atoms with van der Waals surface area (Å²) in [5, 5.41) is 0.193. The van der Waals surface area contributed by atoms with Gasteiger partial charge in [-0.15, -0.1) is 0 Å². The summed E-state index contributed by atoms with van der Waals surface area (Å²) < 4.78 is 16.9. The van der Waals surface area contributed by atoms with Crippen LogP contribution >= 0.6 is 23.4 Å². The van der Waals surface area contributed by atoms with Gasteiger partial charge in [-0.1, -0.05) is 29.8 Å². The first-order valence-electron chi connectivity index (χ1n) is 11.2. The van der Waals surface area contributed by atoms with Gasteiger partial charge in [0.1, 0.15) is 13.2 Å². The minimum absolute atomic E-state index is 0.252. The number of thioether (sulfide) groups is 1. The van der Waals surface area contributed by atoms with Gasteiger partial charge < -0.3 is 19.1 Å². The second-order valence-electron chi connectivity index (χ2n) is 7.82. The molecule has 10 heteroatoms. The van der Waals surface area contributed by atoms with E-state index in [1.165, 1.54) is 0 Å². The molecule has 0 spiro atoms. The Labute approximate surface area is 212 Å². The highest BCUT2D eigenvalue weighted by Gasteiger charge is 2.37. The predicted octanol–water partition coefficient (Wildman–Crippen LogP) is 4.21. The van der Waals surface area contributed by atoms with E-state index in [4.69, 9.17) is 25.8 Å². The van der Waals surface area contributed by atoms with Gasteiger partial charge in [0.25, 0.3) is 11.1 Å². The molecule has 2 aromatic rings. The number of carbonyl (C=O) groups excluding carboxylic acids is 3. The Bertz CT molecular complexity index is 1130. The molecule has 2 aliphatic heterocycles. The van der Waals surface area contributed by atoms with Crippen LogP contribution in [0, 0.1) is 0 Å². The molecule has 2 saturated heterocycles. The molecule has 0 aromatic heterocycles. The minimum Gasteiger partial charge on any atom is -0.490 e. The summed E-state index contributed by atoms with van der Waals surface area (Å²) in [4.78, 5) is 40.6. The van der Waals surface area contributed by atoms with E-state index in [1.807, 2.05) is 19.1 Å². The van der Waals surface area contributed by atoms with E-state index >= 15 is 0 Å². The third-order valence-electron chi connectivity index (χ3n) is 5.40. The van der Waals surface area contributed by atoms with Gasteiger partial charge in [-0.25, -0.2) is 0 Å². The van der Waals surface area contributed by atoms with Crippen molar-refractivity contribution in [2.75, 3.05) is 39.5 Å². The number of carbonyl (C=O) groups is 3. The van der Waals surface area contributed by atoms with Crippen LogP contribution in [0.2, 0.25) is 5.02 Å². The van der Waals surface area contributed by atoms with Crippen LogP contribution in [-0.2, 0) is 20.9 Å². The highest BCUT2D eigenvalue weighted by atomic mass is 35.5. The first-order valence-corrected chi connectivity index (χ1v) is 12.4. The van der Waals surface area contributed by atoms with Crippen LogP contribution in [0.5, 0.6) is 11.5 Å². The van der Waals surface area contributed by atoms with Crippen molar-refractivity contribution in [3.05, 3.63) is 63.5 Å². The van der Waals surface area contributed by atoms with Crippen LogP contribution in [0.1, 0.15) is 18.1 Å². The molecule has 2 aromatic carbocycles. The average molecular weight is 517 g/mol. The van der Waals surface area contributed by atoms with E-state index in [1.54, 1.807) is 41.3 Å². The average Bonchev–Trinajstić information content (AvgIpc) is 3.12. The van der Waals surface area contributed by atoms with Crippen molar-refractivity contribution in [1.29, 1.82) is 0 Å². The molecule has 0 unspecified atom stereocenters. The third-order valence-corrected chi connectivity index (χ3v) is 6.56. The van der Waals surface area contributed by atoms with E-state index in [-0.39, 0.29) is 17.4 Å². The number of hydrogen-bond acceptors (Lipinski definition) is 7. The number of benzene rings is 2. The molecule has 0 saturated carbocycles. The number of ether oxygens (including phenoxy) is 3. The summed E-state index contributed by atoms with van der Waals surface area (Å²) in [6, 6.07) is 12.7. The topological polar surface area (TPSA) is 85.4 Å². The molecule has 2 fully saturated rings. The number of nitrogens with zero attached hydrogens (tertiary/aromatic N) is 2. The van der Waals surface area contributed by atoms with Crippen molar-refractivity contribution < 1.29 is 28.6 Å². The van der Waals surface area contributed by atoms with E-state index in [0.29, 0.717) is 61.6 Å². The molecule has 2 heterocycles. The zero-order valence-corrected chi connectivity index (χ0v) is 20.8. The summed E-state index contributed by atoms with van der Waals surface area (Å²) >= 11 is 6.75. The first kappa shape index (κ1) is 25.1. The zero-order chi connectivity index (χ0) is 24.8. The molecule has 35 heavy (non-hydrogen) atoms. The van der Waals surface area contributed by atoms with Crippen molar-refractivity contribution in [1.82, 2.24) is 9.80 Å². The summed E-state index contributed by atoms with van der Waals surface area (Å²) in [6.45, 7) is 4.18. The zero-order valence-electron chi connectivity index (χ0n) is 19.2. The Morgan fingerprint density at radius 2 is 1.83 bits per heavy atom. The highest BCUT2D eigenvalue weighted by Crippen LogP contribution is 2.35. The highest BCUT2D eigenvalue weighted by molar-refractivity contribution is 8.18. The van der Waals surface area contributed by atoms with Gasteiger partial charge in [0.2, 0.25) is 5.91 Å². The lowest BCUT2D eigenvalue weighted by Crippen LogP contribution is -2.46. The maximum atomic E-state index is 12.9. The summed E-state index contributed by atoms with van der Waals surface area (Å²) in [7, 11) is 0. The van der Waals surface area contributed by atoms with E-state index in [0.717, 1.165) is 22.2 Å². The molecule has 0 radical (unpaired) electrons. The fourth-order valence-electron chi connectivity index (χ4n) is 3.58. The second kappa shape index (κ2) is 11.6. The van der Waals surface area contributed by atoms with Crippen LogP contribution in [0.15, 0.2) is 47.4 Å². The number of rotatable bonds is 8. The van der Waals surface area contributed by atoms with Crippen molar-refractivity contribution in [3.8, 4) is 11.5 Å². The number of amides is 3. The molecule has 0 aliphatic carbocycles. The molecule has 184 valence electrons. The monoisotopic (exact) mass is 516 g/mol. The maximum absolute atomic E-state index is 12.9. The number of morpholine rings is 1. The summed E-state index contributed by atoms with van der Waals surface area (Å²) in [5.74, 6) is 0.334. The smallest absolute Gasteiger partial charge is 0.294 e. The second-order valence-corrected chi connectivity index (χ2v) is 9.24. The summed E-state index contributed by atoms with van der Waals surface area (Å²) in [5.41, 5.74) is 1.64. The molecule has 0 atom stereocenters. The van der Waals surface area contributed by atoms with Crippen LogP contribution in [-0.4, -0.2) is 66.3 Å². The molecule has 0 bridgehead atoms. The molecule has 3 amide bonds. The quantitative estimate of drug-likeness (QED) is 0.486. The Kier molecular flexibility index (Phi) is 8.33. The number of imide groups is 1. The Balaban J connectivity index is 1.45. The van der Waals surface area contributed by atoms with Crippen LogP contribution in [0.3, 0.4) is 0 Å². The molecule has 2 aliphatic rings. The van der Waals surface area contributed by atoms with Gasteiger partial charge in [-0.05, 0) is 60.2 Å². The van der Waals surface area contributed by atoms with Crippen molar-refractivity contribution in [3.63, 3.8) is 0 Å². The number of halogens is 1. The van der Waals surface area contributed by atoms with E-state index in [9.17, 15) is 14.4 Å². The molecular formula is C25H25ClN2O6S. The fraction of sp³-hybridized carbons (Fsp3) is 0.320. The molecule has 4 rings (SSSR count). The lowest BCUT2D eigenvalue weighted by atomic mass is 10.1. The Morgan fingerprint density at radius 3 is 2.54 bits per heavy atom. The Hall–Kier alpha value is -3.01. The van der Waals surface area contributed by atoms with Crippen molar-refractivity contribution in [2.45, 2.75) is 13.5 Å². The van der Waals surface area contributed by atoms with Crippen molar-refractivity contribution in [2.24, 2.45) is 0 Å². The van der Waals surface area contributed by atoms with Gasteiger partial charge in [0, 0.05) is 18.1 Å². The maximum Gasteiger partial charge on any atom is 0.294 e. The number of hydrogen-bond donors (Lipinski definition) is 0. The van der Waals surface area contributed by atoms with E-state index < -0.39 is 11.1 Å². The minimum atomic E-state index is -0.484. The lowest BCUT2D eigenvalue weighted by Gasteiger charge is -2.28. The third kappa shape index (κ3) is 6.36. The largest absolute Gasteiger partial charge is 0.490 e. The normalized spacial score (nSPS) is 17.3. The van der Waals surface area contributed by atoms with Crippen LogP contribution < -0.4 is 9.47 Å². The standard InChI is InChI=1S/C25H25ClN2O6S/c1-2-33-21-13-18(5-8-20(21)34-16-17-3-6-19(26)7-4-17)14-22-24(30)28(25(31)35-22)15-23(29)27-9-11-32-12-10-27/h3-8,13-14H,2,9-12,15-16H2,1H3/b22-14-.